The summed E-state index contributed by atoms with van der Waals surface area (Å²) in [5.41, 5.74) is 6.36. The van der Waals surface area contributed by atoms with Crippen molar-refractivity contribution in [2.24, 2.45) is 56.0 Å². The Morgan fingerprint density at radius 1 is 0.946 bits per heavy atom. The molecule has 0 amide bonds. The summed E-state index contributed by atoms with van der Waals surface area (Å²) in [4.78, 5) is 53.9. The van der Waals surface area contributed by atoms with Crippen molar-refractivity contribution in [2.75, 3.05) is 26.2 Å². The fraction of sp³-hybridized carbons (Fsp3) is 0.696. The maximum Gasteiger partial charge on any atom is 0.330 e. The van der Waals surface area contributed by atoms with Gasteiger partial charge in [-0.05, 0) is 146 Å². The Kier molecular flexibility index (Phi) is 11.6. The summed E-state index contributed by atoms with van der Waals surface area (Å²) in [7, 11) is 2.85. The van der Waals surface area contributed by atoms with Crippen molar-refractivity contribution in [3.8, 4) is 11.5 Å². The van der Waals surface area contributed by atoms with Gasteiger partial charge in [-0.1, -0.05) is 53.2 Å². The van der Waals surface area contributed by atoms with Crippen molar-refractivity contribution < 1.29 is 38.1 Å². The molecule has 5 aliphatic carbocycles. The second-order valence-corrected chi connectivity index (χ2v) is 20.6. The van der Waals surface area contributed by atoms with Gasteiger partial charge in [0.05, 0.1) is 19.6 Å². The van der Waals surface area contributed by atoms with Crippen LogP contribution in [0.2, 0.25) is 0 Å². The zero-order valence-corrected chi connectivity index (χ0v) is 36.2. The summed E-state index contributed by atoms with van der Waals surface area (Å²) >= 11 is 1.68. The van der Waals surface area contributed by atoms with Crippen LogP contribution in [0, 0.1) is 50.2 Å². The van der Waals surface area contributed by atoms with Gasteiger partial charge in [0.1, 0.15) is 12.1 Å². The third-order valence-corrected chi connectivity index (χ3v) is 16.8. The van der Waals surface area contributed by atoms with Crippen LogP contribution >= 0.6 is 11.8 Å². The molecule has 0 spiro atoms. The lowest BCUT2D eigenvalue weighted by atomic mass is 9.33. The van der Waals surface area contributed by atoms with E-state index < -0.39 is 17.4 Å². The zero-order valence-electron chi connectivity index (χ0n) is 35.4. The van der Waals surface area contributed by atoms with E-state index in [1.807, 2.05) is 19.3 Å². The van der Waals surface area contributed by atoms with Crippen LogP contribution in [0.1, 0.15) is 118 Å². The molecule has 4 saturated carbocycles. The molecule has 0 aliphatic heterocycles. The van der Waals surface area contributed by atoms with Crippen LogP contribution in [0.5, 0.6) is 11.5 Å². The minimum absolute atomic E-state index is 0.0262. The van der Waals surface area contributed by atoms with E-state index in [4.69, 9.17) is 24.7 Å². The van der Waals surface area contributed by atoms with Crippen LogP contribution in [0.25, 0.3) is 6.08 Å². The molecular weight excluding hydrogens is 727 g/mol. The highest BCUT2D eigenvalue weighted by molar-refractivity contribution is 7.98. The van der Waals surface area contributed by atoms with Crippen molar-refractivity contribution in [3.63, 3.8) is 0 Å². The number of hydrogen-bond acceptors (Lipinski definition) is 10. The summed E-state index contributed by atoms with van der Waals surface area (Å²) < 4.78 is 22.6. The molecule has 2 N–H and O–H groups in total. The average Bonchev–Trinajstić information content (AvgIpc) is 3.15. The molecule has 10 atom stereocenters. The van der Waals surface area contributed by atoms with Crippen molar-refractivity contribution in [1.82, 2.24) is 0 Å². The first-order chi connectivity index (χ1) is 26.2. The molecule has 308 valence electrons. The Labute approximate surface area is 338 Å². The Morgan fingerprint density at radius 2 is 1.66 bits per heavy atom. The maximum atomic E-state index is 14.9. The summed E-state index contributed by atoms with van der Waals surface area (Å²) in [5.74, 6) is 0.809. The molecule has 0 radical (unpaired) electrons. The number of ether oxygens (including phenoxy) is 4. The number of allylic oxidation sites excluding steroid dienone is 2. The highest BCUT2D eigenvalue weighted by atomic mass is 32.2. The molecule has 56 heavy (non-hydrogen) atoms. The fourth-order valence-electron chi connectivity index (χ4n) is 12.5. The minimum atomic E-state index is -0.764. The summed E-state index contributed by atoms with van der Waals surface area (Å²) in [6.07, 6.45) is 15.0. The first-order valence-electron chi connectivity index (χ1n) is 20.6. The Hall–Kier alpha value is -3.11. The number of nitrogens with two attached hydrogens (primary N) is 1. The van der Waals surface area contributed by atoms with Gasteiger partial charge in [-0.15, -0.1) is 0 Å². The third kappa shape index (κ3) is 6.96. The molecule has 1 aromatic carbocycles. The average molecular weight is 792 g/mol. The van der Waals surface area contributed by atoms with E-state index in [0.29, 0.717) is 42.7 Å². The van der Waals surface area contributed by atoms with E-state index >= 15 is 0 Å². The molecule has 0 saturated heterocycles. The number of carbonyl (C=O) groups excluding carboxylic acids is 4. The minimum Gasteiger partial charge on any atom is -0.493 e. The Bertz CT molecular complexity index is 1800. The molecule has 0 bridgehead atoms. The van der Waals surface area contributed by atoms with Gasteiger partial charge in [0.2, 0.25) is 0 Å². The lowest BCUT2D eigenvalue weighted by Crippen LogP contribution is -2.67. The summed E-state index contributed by atoms with van der Waals surface area (Å²) in [5, 5.41) is 0. The molecule has 10 heteroatoms. The van der Waals surface area contributed by atoms with Gasteiger partial charge >= 0.3 is 17.9 Å². The standard InChI is InChI=1S/C46H65NO8S/c1-41(2)35-15-19-46(7)38(44(35,5)18-16-36(41)55-39(50)31(47)17-24-56-10)32(48)26-29-30-27-43(4,21-20-42(30,3)22-23-45(29,46)6)40(51)54-33-13-11-28(25-34(33)52-8)12-14-37(49)53-9/h11-14,25-26,30-31,35-36,38H,15-24,27,47H2,1-10H3/b14-12+/t30-,31+,35+,36+,38-,42-,43+,44+,45-,46-/m1/s1. The number of hydrogen-bond donors (Lipinski definition) is 1. The highest BCUT2D eigenvalue weighted by Crippen LogP contribution is 2.75. The maximum absolute atomic E-state index is 14.9. The van der Waals surface area contributed by atoms with Gasteiger partial charge in [0.25, 0.3) is 0 Å². The van der Waals surface area contributed by atoms with E-state index in [2.05, 4.69) is 41.5 Å². The highest BCUT2D eigenvalue weighted by Gasteiger charge is 2.70. The fourth-order valence-corrected chi connectivity index (χ4v) is 13.0. The van der Waals surface area contributed by atoms with E-state index in [1.54, 1.807) is 36.0 Å². The number of rotatable bonds is 10. The second-order valence-electron chi connectivity index (χ2n) is 19.6. The summed E-state index contributed by atoms with van der Waals surface area (Å²) in [6.45, 7) is 16.0. The monoisotopic (exact) mass is 791 g/mol. The van der Waals surface area contributed by atoms with E-state index in [0.717, 1.165) is 44.3 Å². The van der Waals surface area contributed by atoms with Crippen molar-refractivity contribution >= 4 is 41.5 Å². The number of methoxy groups -OCH3 is 2. The van der Waals surface area contributed by atoms with Gasteiger partial charge in [-0.3, -0.25) is 14.4 Å². The largest absolute Gasteiger partial charge is 0.493 e. The quantitative estimate of drug-likeness (QED) is 0.139. The van der Waals surface area contributed by atoms with Crippen LogP contribution in [-0.4, -0.2) is 62.1 Å². The second kappa shape index (κ2) is 15.2. The van der Waals surface area contributed by atoms with Crippen LogP contribution in [0.3, 0.4) is 0 Å². The molecule has 0 heterocycles. The molecule has 9 nitrogen and oxygen atoms in total. The van der Waals surface area contributed by atoms with Crippen molar-refractivity contribution in [2.45, 2.75) is 125 Å². The molecule has 1 aromatic rings. The zero-order chi connectivity index (χ0) is 41.1. The molecule has 0 unspecified atom stereocenters. The van der Waals surface area contributed by atoms with Gasteiger partial charge in [-0.25, -0.2) is 4.79 Å². The van der Waals surface area contributed by atoms with Gasteiger partial charge in [0.15, 0.2) is 17.3 Å². The molecule has 5 aliphatic rings. The van der Waals surface area contributed by atoms with E-state index in [-0.39, 0.29) is 68.7 Å². The van der Waals surface area contributed by atoms with E-state index in [1.165, 1.54) is 25.9 Å². The predicted molar refractivity (Wildman–Crippen MR) is 220 cm³/mol. The predicted octanol–water partition coefficient (Wildman–Crippen LogP) is 8.76. The molecule has 4 fully saturated rings. The number of thioether (sulfide) groups is 1. The summed E-state index contributed by atoms with van der Waals surface area (Å²) in [6, 6.07) is 4.57. The SMILES string of the molecule is COC(=O)/C=C/c1ccc(OC(=O)[C@@]2(C)CC[C@]3(C)CC[C@]4(C)C(=CC(=O)[C@@H]5[C@@]6(C)CC[C@H](OC(=O)[C@@H](N)CCSC)C(C)(C)[C@@H]6CC[C@]54C)[C@H]3C2)c(OC)c1. The number of carbonyl (C=O) groups is 4. The normalized spacial score (nSPS) is 37.8. The molecular formula is C46H65NO8S. The van der Waals surface area contributed by atoms with Crippen molar-refractivity contribution in [1.29, 1.82) is 0 Å². The first-order valence-corrected chi connectivity index (χ1v) is 22.0. The Morgan fingerprint density at radius 3 is 2.34 bits per heavy atom. The lowest BCUT2D eigenvalue weighted by molar-refractivity contribution is -0.211. The van der Waals surface area contributed by atoms with Gasteiger partial charge in [-0.2, -0.15) is 11.8 Å². The van der Waals surface area contributed by atoms with Crippen LogP contribution < -0.4 is 15.2 Å². The van der Waals surface area contributed by atoms with Crippen molar-refractivity contribution in [3.05, 3.63) is 41.5 Å². The van der Waals surface area contributed by atoms with Crippen LogP contribution in [0.4, 0.5) is 0 Å². The van der Waals surface area contributed by atoms with Gasteiger partial charge in [0, 0.05) is 17.4 Å². The topological polar surface area (TPSA) is 131 Å². The van der Waals surface area contributed by atoms with Gasteiger partial charge < -0.3 is 24.7 Å². The number of fused-ring (bicyclic) bond motifs is 7. The van der Waals surface area contributed by atoms with Crippen LogP contribution in [0.15, 0.2) is 35.9 Å². The lowest BCUT2D eigenvalue weighted by Gasteiger charge is -2.70. The number of benzene rings is 1. The molecule has 0 aromatic heterocycles. The first kappa shape index (κ1) is 42.5. The van der Waals surface area contributed by atoms with E-state index in [9.17, 15) is 19.2 Å². The van der Waals surface area contributed by atoms with Crippen LogP contribution in [-0.2, 0) is 28.7 Å². The number of ketones is 1. The molecule has 6 rings (SSSR count). The smallest absolute Gasteiger partial charge is 0.330 e. The third-order valence-electron chi connectivity index (χ3n) is 16.2. The Balaban J connectivity index is 1.26. The number of esters is 3.